The molecule has 108 valence electrons. The summed E-state index contributed by atoms with van der Waals surface area (Å²) < 4.78 is 0. The van der Waals surface area contributed by atoms with E-state index in [1.54, 1.807) is 0 Å². The third kappa shape index (κ3) is 2.59. The van der Waals surface area contributed by atoms with Gasteiger partial charge in [-0.15, -0.1) is 0 Å². The zero-order chi connectivity index (χ0) is 14.1. The molecule has 1 amide bonds. The van der Waals surface area contributed by atoms with Crippen LogP contribution in [0.1, 0.15) is 37.8 Å². The summed E-state index contributed by atoms with van der Waals surface area (Å²) in [6.45, 7) is 5.34. The van der Waals surface area contributed by atoms with Gasteiger partial charge in [0.15, 0.2) is 0 Å². The van der Waals surface area contributed by atoms with Crippen LogP contribution in [-0.2, 0) is 17.8 Å². The number of hydrogen-bond donors (Lipinski definition) is 2. The van der Waals surface area contributed by atoms with Crippen molar-refractivity contribution in [3.05, 3.63) is 35.4 Å². The summed E-state index contributed by atoms with van der Waals surface area (Å²) in [7, 11) is 0. The average Bonchev–Trinajstić information content (AvgIpc) is 2.78. The number of nitrogens with one attached hydrogen (secondary N) is 2. The van der Waals surface area contributed by atoms with Crippen LogP contribution in [0, 0.1) is 11.8 Å². The van der Waals surface area contributed by atoms with Crippen molar-refractivity contribution in [3.8, 4) is 0 Å². The van der Waals surface area contributed by atoms with E-state index >= 15 is 0 Å². The first kappa shape index (κ1) is 13.6. The third-order valence-electron chi connectivity index (χ3n) is 5.19. The highest BCUT2D eigenvalue weighted by Gasteiger charge is 2.33. The van der Waals surface area contributed by atoms with Crippen molar-refractivity contribution in [2.75, 3.05) is 0 Å². The van der Waals surface area contributed by atoms with Gasteiger partial charge in [-0.2, -0.15) is 0 Å². The minimum absolute atomic E-state index is 0.0759. The summed E-state index contributed by atoms with van der Waals surface area (Å²) in [5.41, 5.74) is 2.62. The smallest absolute Gasteiger partial charge is 0.237 e. The fourth-order valence-corrected chi connectivity index (χ4v) is 3.49. The lowest BCUT2D eigenvalue weighted by Gasteiger charge is -2.28. The second kappa shape index (κ2) is 5.57. The minimum Gasteiger partial charge on any atom is -0.352 e. The summed E-state index contributed by atoms with van der Waals surface area (Å²) >= 11 is 0. The Morgan fingerprint density at radius 3 is 2.65 bits per heavy atom. The molecule has 3 unspecified atom stereocenters. The van der Waals surface area contributed by atoms with Gasteiger partial charge in [-0.25, -0.2) is 0 Å². The number of benzene rings is 1. The van der Waals surface area contributed by atoms with Crippen molar-refractivity contribution in [1.82, 2.24) is 10.6 Å². The lowest BCUT2D eigenvalue weighted by molar-refractivity contribution is -0.124. The Morgan fingerprint density at radius 2 is 1.95 bits per heavy atom. The molecular formula is C17H24N2O. The van der Waals surface area contributed by atoms with Crippen molar-refractivity contribution in [2.24, 2.45) is 11.8 Å². The maximum Gasteiger partial charge on any atom is 0.237 e. The Kier molecular flexibility index (Phi) is 3.79. The molecule has 3 rings (SSSR count). The molecule has 3 nitrogen and oxygen atoms in total. The van der Waals surface area contributed by atoms with E-state index in [9.17, 15) is 4.79 Å². The predicted octanol–water partition coefficient (Wildman–Crippen LogP) is 2.25. The highest BCUT2D eigenvalue weighted by atomic mass is 16.2. The Hall–Kier alpha value is -1.35. The summed E-state index contributed by atoms with van der Waals surface area (Å²) in [5, 5.41) is 6.62. The maximum atomic E-state index is 12.4. The summed E-state index contributed by atoms with van der Waals surface area (Å²) in [6.07, 6.45) is 3.16. The number of amides is 1. The first-order chi connectivity index (χ1) is 9.65. The van der Waals surface area contributed by atoms with E-state index in [0.717, 1.165) is 25.3 Å². The van der Waals surface area contributed by atoms with Crippen molar-refractivity contribution >= 4 is 5.91 Å². The molecule has 1 aliphatic heterocycles. The minimum atomic E-state index is -0.0759. The first-order valence-electron chi connectivity index (χ1n) is 7.75. The van der Waals surface area contributed by atoms with Crippen molar-refractivity contribution in [1.29, 1.82) is 0 Å². The number of carbonyl (C=O) groups is 1. The Bertz CT molecular complexity index is 500. The maximum absolute atomic E-state index is 12.4. The Morgan fingerprint density at radius 1 is 1.20 bits per heavy atom. The van der Waals surface area contributed by atoms with Gasteiger partial charge in [0, 0.05) is 12.6 Å². The van der Waals surface area contributed by atoms with Crippen LogP contribution in [0.4, 0.5) is 0 Å². The lowest BCUT2D eigenvalue weighted by atomic mass is 9.94. The Labute approximate surface area is 121 Å². The second-order valence-electron chi connectivity index (χ2n) is 6.44. The van der Waals surface area contributed by atoms with E-state index in [-0.39, 0.29) is 11.9 Å². The summed E-state index contributed by atoms with van der Waals surface area (Å²) in [5.74, 6) is 1.49. The van der Waals surface area contributed by atoms with Gasteiger partial charge < -0.3 is 10.6 Å². The highest BCUT2D eigenvalue weighted by molar-refractivity contribution is 5.82. The molecule has 1 fully saturated rings. The molecule has 2 N–H and O–H groups in total. The van der Waals surface area contributed by atoms with Crippen LogP contribution in [0.2, 0.25) is 0 Å². The van der Waals surface area contributed by atoms with Gasteiger partial charge in [0.25, 0.3) is 0 Å². The normalized spacial score (nSPS) is 32.7. The number of fused-ring (bicyclic) bond motifs is 1. The molecule has 0 saturated heterocycles. The topological polar surface area (TPSA) is 41.1 Å². The molecule has 20 heavy (non-hydrogen) atoms. The van der Waals surface area contributed by atoms with Crippen molar-refractivity contribution < 1.29 is 4.79 Å². The highest BCUT2D eigenvalue weighted by Crippen LogP contribution is 2.31. The quantitative estimate of drug-likeness (QED) is 0.867. The fraction of sp³-hybridized carbons (Fsp3) is 0.588. The van der Waals surface area contributed by atoms with Gasteiger partial charge in [0.05, 0.1) is 6.04 Å². The predicted molar refractivity (Wildman–Crippen MR) is 80.3 cm³/mol. The van der Waals surface area contributed by atoms with Crippen LogP contribution >= 0.6 is 0 Å². The lowest BCUT2D eigenvalue weighted by Crippen LogP contribution is -2.51. The van der Waals surface area contributed by atoms with Crippen LogP contribution in [0.5, 0.6) is 0 Å². The summed E-state index contributed by atoms with van der Waals surface area (Å²) in [4.78, 5) is 12.4. The molecule has 1 aromatic rings. The van der Waals surface area contributed by atoms with Crippen molar-refractivity contribution in [3.63, 3.8) is 0 Å². The zero-order valence-electron chi connectivity index (χ0n) is 12.4. The molecule has 0 spiro atoms. The van der Waals surface area contributed by atoms with Crippen LogP contribution in [0.25, 0.3) is 0 Å². The molecule has 1 aromatic carbocycles. The van der Waals surface area contributed by atoms with Crippen molar-refractivity contribution in [2.45, 2.75) is 51.7 Å². The summed E-state index contributed by atoms with van der Waals surface area (Å²) in [6, 6.07) is 8.67. The Balaban J connectivity index is 1.62. The number of carbonyl (C=O) groups excluding carboxylic acids is 1. The van der Waals surface area contributed by atoms with Crippen LogP contribution < -0.4 is 10.6 Å². The van der Waals surface area contributed by atoms with Crippen LogP contribution in [-0.4, -0.2) is 18.0 Å². The molecule has 1 saturated carbocycles. The standard InChI is InChI=1S/C17H24N2O/c1-11-7-8-15(12(11)2)19-17(20)16-9-13-5-3-4-6-14(13)10-18-16/h3-6,11-12,15-16,18H,7-10H2,1-2H3,(H,19,20)/t11?,12?,15?,16-/m1/s1. The molecule has 2 aliphatic rings. The molecule has 0 radical (unpaired) electrons. The number of hydrogen-bond acceptors (Lipinski definition) is 2. The molecule has 4 atom stereocenters. The third-order valence-corrected chi connectivity index (χ3v) is 5.19. The molecule has 0 bridgehead atoms. The fourth-order valence-electron chi connectivity index (χ4n) is 3.49. The number of rotatable bonds is 2. The van der Waals surface area contributed by atoms with E-state index in [2.05, 4.69) is 48.7 Å². The second-order valence-corrected chi connectivity index (χ2v) is 6.44. The molecule has 0 aromatic heterocycles. The van der Waals surface area contributed by atoms with Crippen LogP contribution in [0.15, 0.2) is 24.3 Å². The monoisotopic (exact) mass is 272 g/mol. The van der Waals surface area contributed by atoms with Gasteiger partial charge >= 0.3 is 0 Å². The molecule has 1 heterocycles. The molecular weight excluding hydrogens is 248 g/mol. The SMILES string of the molecule is CC1CCC(NC(=O)[C@H]2Cc3ccccc3CN2)C1C. The molecule has 1 aliphatic carbocycles. The average molecular weight is 272 g/mol. The zero-order valence-corrected chi connectivity index (χ0v) is 12.4. The van der Waals surface area contributed by atoms with Gasteiger partial charge in [0.1, 0.15) is 0 Å². The van der Waals surface area contributed by atoms with Gasteiger partial charge in [0.2, 0.25) is 5.91 Å². The van der Waals surface area contributed by atoms with E-state index in [1.165, 1.54) is 17.5 Å². The molecule has 3 heteroatoms. The van der Waals surface area contributed by atoms with Gasteiger partial charge in [-0.05, 0) is 42.2 Å². The first-order valence-corrected chi connectivity index (χ1v) is 7.75. The van der Waals surface area contributed by atoms with E-state index in [0.29, 0.717) is 12.0 Å². The van der Waals surface area contributed by atoms with E-state index in [1.807, 2.05) is 0 Å². The van der Waals surface area contributed by atoms with E-state index in [4.69, 9.17) is 0 Å². The van der Waals surface area contributed by atoms with E-state index < -0.39 is 0 Å². The van der Waals surface area contributed by atoms with Crippen LogP contribution in [0.3, 0.4) is 0 Å². The van der Waals surface area contributed by atoms with Gasteiger partial charge in [-0.1, -0.05) is 38.1 Å². The largest absolute Gasteiger partial charge is 0.352 e. The van der Waals surface area contributed by atoms with Gasteiger partial charge in [-0.3, -0.25) is 4.79 Å².